The van der Waals surface area contributed by atoms with E-state index in [0.29, 0.717) is 36.8 Å². The standard InChI is InChI=1S/C21H18ClF6N5O2/c22-10-2-3-13-12(8-10)11-4-5-33(14(16(11)29-13)9-15-34-6-1-7-35-15)19-31-17(20(23,24)25)30-18(32-19)21(26,27)28/h2-3,8,14-15,29H,1,4-7,9H2. The number of anilines is 1. The predicted molar refractivity (Wildman–Crippen MR) is 112 cm³/mol. The molecule has 1 N–H and O–H groups in total. The van der Waals surface area contributed by atoms with Crippen LogP contribution in [0.1, 0.15) is 41.8 Å². The fourth-order valence-corrected chi connectivity index (χ4v) is 4.60. The third-order valence-electron chi connectivity index (χ3n) is 5.91. The highest BCUT2D eigenvalue weighted by Gasteiger charge is 2.43. The Labute approximate surface area is 199 Å². The Morgan fingerprint density at radius 1 is 1.00 bits per heavy atom. The van der Waals surface area contributed by atoms with Crippen LogP contribution in [0.15, 0.2) is 18.2 Å². The van der Waals surface area contributed by atoms with Crippen LogP contribution >= 0.6 is 11.6 Å². The quantitative estimate of drug-likeness (QED) is 0.471. The zero-order valence-electron chi connectivity index (χ0n) is 17.9. The molecule has 7 nitrogen and oxygen atoms in total. The summed E-state index contributed by atoms with van der Waals surface area (Å²) in [6, 6.07) is 4.46. The van der Waals surface area contributed by atoms with E-state index in [4.69, 9.17) is 21.1 Å². The summed E-state index contributed by atoms with van der Waals surface area (Å²) in [5.74, 6) is -4.54. The Hall–Kier alpha value is -2.64. The predicted octanol–water partition coefficient (Wildman–Crippen LogP) is 5.30. The summed E-state index contributed by atoms with van der Waals surface area (Å²) < 4.78 is 91.6. The molecular formula is C21H18ClF6N5O2. The van der Waals surface area contributed by atoms with Crippen molar-refractivity contribution >= 4 is 28.5 Å². The minimum atomic E-state index is -5.19. The number of ether oxygens (including phenoxy) is 2. The summed E-state index contributed by atoms with van der Waals surface area (Å²) >= 11 is 6.15. The van der Waals surface area contributed by atoms with Crippen LogP contribution in [0.4, 0.5) is 32.3 Å². The normalized spacial score (nSPS) is 19.9. The summed E-state index contributed by atoms with van der Waals surface area (Å²) in [4.78, 5) is 14.0. The SMILES string of the molecule is FC(F)(F)c1nc(N2CCc3c([nH]c4ccc(Cl)cc34)C2CC2OCCCO2)nc(C(F)(F)F)n1. The lowest BCUT2D eigenvalue weighted by Gasteiger charge is -2.38. The summed E-state index contributed by atoms with van der Waals surface area (Å²) in [6.45, 7) is 0.909. The van der Waals surface area contributed by atoms with E-state index in [2.05, 4.69) is 19.9 Å². The molecule has 0 bridgehead atoms. The van der Waals surface area contributed by atoms with E-state index >= 15 is 0 Å². The molecule has 1 atom stereocenters. The van der Waals surface area contributed by atoms with Crippen LogP contribution in [-0.2, 0) is 28.2 Å². The van der Waals surface area contributed by atoms with Crippen molar-refractivity contribution in [1.29, 1.82) is 0 Å². The molecule has 0 aliphatic carbocycles. The molecule has 1 fully saturated rings. The van der Waals surface area contributed by atoms with Gasteiger partial charge in [-0.25, -0.2) is 4.98 Å². The first-order chi connectivity index (χ1) is 16.5. The molecule has 0 amide bonds. The number of alkyl halides is 6. The Morgan fingerprint density at radius 3 is 2.29 bits per heavy atom. The van der Waals surface area contributed by atoms with Gasteiger partial charge in [0.05, 0.1) is 19.3 Å². The molecule has 1 saturated heterocycles. The second kappa shape index (κ2) is 8.79. The summed E-state index contributed by atoms with van der Waals surface area (Å²) in [5, 5.41) is 1.32. The van der Waals surface area contributed by atoms with Crippen molar-refractivity contribution in [2.75, 3.05) is 24.7 Å². The molecule has 35 heavy (non-hydrogen) atoms. The van der Waals surface area contributed by atoms with E-state index in [0.717, 1.165) is 16.5 Å². The van der Waals surface area contributed by atoms with Crippen LogP contribution < -0.4 is 4.90 Å². The highest BCUT2D eigenvalue weighted by Crippen LogP contribution is 2.41. The fourth-order valence-electron chi connectivity index (χ4n) is 4.42. The van der Waals surface area contributed by atoms with Gasteiger partial charge in [0, 0.05) is 34.6 Å². The molecule has 0 spiro atoms. The number of fused-ring (bicyclic) bond motifs is 3. The zero-order chi connectivity index (χ0) is 25.0. The molecule has 2 aliphatic heterocycles. The average Bonchev–Trinajstić information content (AvgIpc) is 3.17. The third kappa shape index (κ3) is 4.76. The van der Waals surface area contributed by atoms with Crippen molar-refractivity contribution in [2.45, 2.75) is 43.9 Å². The maximum absolute atomic E-state index is 13.4. The lowest BCUT2D eigenvalue weighted by Crippen LogP contribution is -2.41. The minimum Gasteiger partial charge on any atom is -0.356 e. The number of nitrogens with one attached hydrogen (secondary N) is 1. The van der Waals surface area contributed by atoms with Gasteiger partial charge in [0.2, 0.25) is 17.6 Å². The minimum absolute atomic E-state index is 0.0580. The second-order valence-corrected chi connectivity index (χ2v) is 8.64. The first-order valence-corrected chi connectivity index (χ1v) is 11.1. The van der Waals surface area contributed by atoms with Gasteiger partial charge >= 0.3 is 12.4 Å². The smallest absolute Gasteiger partial charge is 0.356 e. The molecule has 0 radical (unpaired) electrons. The zero-order valence-corrected chi connectivity index (χ0v) is 18.6. The third-order valence-corrected chi connectivity index (χ3v) is 6.15. The number of hydrogen-bond acceptors (Lipinski definition) is 6. The van der Waals surface area contributed by atoms with Crippen LogP contribution in [0.25, 0.3) is 10.9 Å². The number of rotatable bonds is 3. The van der Waals surface area contributed by atoms with Crippen LogP contribution in [0.5, 0.6) is 0 Å². The number of benzene rings is 1. The van der Waals surface area contributed by atoms with E-state index in [9.17, 15) is 26.3 Å². The first kappa shape index (κ1) is 24.1. The topological polar surface area (TPSA) is 76.2 Å². The van der Waals surface area contributed by atoms with E-state index in [1.165, 1.54) is 4.90 Å². The van der Waals surface area contributed by atoms with Gasteiger partial charge < -0.3 is 19.4 Å². The molecule has 0 saturated carbocycles. The lowest BCUT2D eigenvalue weighted by molar-refractivity contribution is -0.183. The number of halogens is 7. The van der Waals surface area contributed by atoms with Crippen molar-refractivity contribution in [1.82, 2.24) is 19.9 Å². The molecule has 2 aromatic heterocycles. The van der Waals surface area contributed by atoms with Crippen LogP contribution in [0.3, 0.4) is 0 Å². The summed E-state index contributed by atoms with van der Waals surface area (Å²) in [7, 11) is 0. The molecular weight excluding hydrogens is 504 g/mol. The van der Waals surface area contributed by atoms with Crippen molar-refractivity contribution in [3.05, 3.63) is 46.1 Å². The highest BCUT2D eigenvalue weighted by atomic mass is 35.5. The highest BCUT2D eigenvalue weighted by molar-refractivity contribution is 6.31. The molecule has 4 heterocycles. The molecule has 188 valence electrons. The Balaban J connectivity index is 1.63. The monoisotopic (exact) mass is 521 g/mol. The van der Waals surface area contributed by atoms with Crippen molar-refractivity contribution in [3.63, 3.8) is 0 Å². The first-order valence-electron chi connectivity index (χ1n) is 10.7. The van der Waals surface area contributed by atoms with Gasteiger partial charge in [-0.2, -0.15) is 36.3 Å². The van der Waals surface area contributed by atoms with Crippen LogP contribution in [-0.4, -0.2) is 46.0 Å². The van der Waals surface area contributed by atoms with Gasteiger partial charge in [-0.15, -0.1) is 0 Å². The Morgan fingerprint density at radius 2 is 1.66 bits per heavy atom. The van der Waals surface area contributed by atoms with Crippen LogP contribution in [0.2, 0.25) is 5.02 Å². The number of H-pyrrole nitrogens is 1. The van der Waals surface area contributed by atoms with Crippen molar-refractivity contribution < 1.29 is 35.8 Å². The van der Waals surface area contributed by atoms with Gasteiger partial charge in [-0.3, -0.25) is 0 Å². The van der Waals surface area contributed by atoms with Gasteiger partial charge in [0.25, 0.3) is 0 Å². The molecule has 1 unspecified atom stereocenters. The number of aromatic nitrogens is 4. The average molecular weight is 522 g/mol. The van der Waals surface area contributed by atoms with Gasteiger partial charge in [0.15, 0.2) is 6.29 Å². The number of hydrogen-bond donors (Lipinski definition) is 1. The van der Waals surface area contributed by atoms with Crippen LogP contribution in [0, 0.1) is 0 Å². The maximum Gasteiger partial charge on any atom is 0.451 e. The molecule has 3 aromatic rings. The van der Waals surface area contributed by atoms with Crippen molar-refractivity contribution in [2.24, 2.45) is 0 Å². The number of aromatic amines is 1. The van der Waals surface area contributed by atoms with E-state index in [1.54, 1.807) is 18.2 Å². The summed E-state index contributed by atoms with van der Waals surface area (Å²) in [5.41, 5.74) is 2.20. The second-order valence-electron chi connectivity index (χ2n) is 8.20. The fraction of sp³-hybridized carbons (Fsp3) is 0.476. The van der Waals surface area contributed by atoms with E-state index in [1.807, 2.05) is 0 Å². The molecule has 14 heteroatoms. The molecule has 5 rings (SSSR count). The largest absolute Gasteiger partial charge is 0.451 e. The lowest BCUT2D eigenvalue weighted by atomic mass is 9.95. The molecule has 1 aromatic carbocycles. The molecule has 2 aliphatic rings. The Bertz CT molecular complexity index is 1210. The maximum atomic E-state index is 13.4. The Kier molecular flexibility index (Phi) is 6.04. The number of nitrogens with zero attached hydrogens (tertiary/aromatic N) is 4. The summed E-state index contributed by atoms with van der Waals surface area (Å²) in [6.07, 6.45) is -9.97. The van der Waals surface area contributed by atoms with Gasteiger partial charge in [-0.05, 0) is 36.6 Å². The van der Waals surface area contributed by atoms with E-state index < -0.39 is 42.3 Å². The van der Waals surface area contributed by atoms with E-state index in [-0.39, 0.29) is 13.0 Å². The van der Waals surface area contributed by atoms with Crippen molar-refractivity contribution in [3.8, 4) is 0 Å². The van der Waals surface area contributed by atoms with Gasteiger partial charge in [0.1, 0.15) is 0 Å². The van der Waals surface area contributed by atoms with Gasteiger partial charge in [-0.1, -0.05) is 11.6 Å².